The topological polar surface area (TPSA) is 26.0 Å². The van der Waals surface area contributed by atoms with Gasteiger partial charge in [0, 0.05) is 16.3 Å². The van der Waals surface area contributed by atoms with Crippen LogP contribution in [0.1, 0.15) is 11.1 Å². The van der Waals surface area contributed by atoms with Gasteiger partial charge in [-0.05, 0) is 60.9 Å². The van der Waals surface area contributed by atoms with Crippen molar-refractivity contribution in [2.45, 2.75) is 13.8 Å². The molecular weight excluding hydrogens is 237 g/mol. The van der Waals surface area contributed by atoms with Crippen molar-refractivity contribution < 1.29 is 4.39 Å². The van der Waals surface area contributed by atoms with E-state index in [-0.39, 0.29) is 5.82 Å². The molecule has 0 saturated heterocycles. The minimum absolute atomic E-state index is 0.291. The van der Waals surface area contributed by atoms with Crippen LogP contribution in [0.25, 0.3) is 11.1 Å². The van der Waals surface area contributed by atoms with E-state index in [1.165, 1.54) is 12.1 Å². The van der Waals surface area contributed by atoms with Gasteiger partial charge in [0.2, 0.25) is 0 Å². The van der Waals surface area contributed by atoms with E-state index in [2.05, 4.69) is 0 Å². The molecule has 0 aliphatic heterocycles. The fourth-order valence-electron chi connectivity index (χ4n) is 1.83. The van der Waals surface area contributed by atoms with E-state index in [0.29, 0.717) is 16.3 Å². The van der Waals surface area contributed by atoms with Gasteiger partial charge in [0.1, 0.15) is 5.82 Å². The highest BCUT2D eigenvalue weighted by molar-refractivity contribution is 6.31. The Morgan fingerprint density at radius 1 is 1.00 bits per heavy atom. The second kappa shape index (κ2) is 4.38. The van der Waals surface area contributed by atoms with Crippen molar-refractivity contribution in [2.75, 3.05) is 5.73 Å². The minimum atomic E-state index is -0.291. The predicted octanol–water partition coefficient (Wildman–Crippen LogP) is 4.35. The van der Waals surface area contributed by atoms with Crippen molar-refractivity contribution in [3.05, 3.63) is 52.3 Å². The number of halogens is 2. The SMILES string of the molecule is Cc1cc(-c2cc(F)ccc2N)c(C)cc1Cl. The normalized spacial score (nSPS) is 10.6. The van der Waals surface area contributed by atoms with Gasteiger partial charge in [-0.25, -0.2) is 4.39 Å². The molecule has 2 aromatic carbocycles. The molecule has 0 aliphatic carbocycles. The molecule has 0 amide bonds. The molecular formula is C14H13ClFN. The van der Waals surface area contributed by atoms with Crippen molar-refractivity contribution in [1.82, 2.24) is 0 Å². The van der Waals surface area contributed by atoms with E-state index >= 15 is 0 Å². The van der Waals surface area contributed by atoms with Crippen LogP contribution < -0.4 is 5.73 Å². The maximum atomic E-state index is 13.3. The molecule has 0 unspecified atom stereocenters. The lowest BCUT2D eigenvalue weighted by Crippen LogP contribution is -1.94. The van der Waals surface area contributed by atoms with Crippen molar-refractivity contribution in [3.8, 4) is 11.1 Å². The van der Waals surface area contributed by atoms with Crippen molar-refractivity contribution >= 4 is 17.3 Å². The highest BCUT2D eigenvalue weighted by Crippen LogP contribution is 2.32. The second-order valence-electron chi connectivity index (χ2n) is 4.15. The van der Waals surface area contributed by atoms with Crippen LogP contribution in [-0.4, -0.2) is 0 Å². The van der Waals surface area contributed by atoms with Gasteiger partial charge in [-0.2, -0.15) is 0 Å². The molecule has 0 aromatic heterocycles. The first kappa shape index (κ1) is 11.9. The summed E-state index contributed by atoms with van der Waals surface area (Å²) in [5.74, 6) is -0.291. The first-order valence-corrected chi connectivity index (χ1v) is 5.69. The van der Waals surface area contributed by atoms with Gasteiger partial charge < -0.3 is 5.73 Å². The summed E-state index contributed by atoms with van der Waals surface area (Å²) in [6.07, 6.45) is 0. The Kier molecular flexibility index (Phi) is 3.07. The zero-order valence-electron chi connectivity index (χ0n) is 9.72. The lowest BCUT2D eigenvalue weighted by atomic mass is 9.97. The molecule has 0 bridgehead atoms. The highest BCUT2D eigenvalue weighted by atomic mass is 35.5. The van der Waals surface area contributed by atoms with E-state index in [1.54, 1.807) is 6.07 Å². The molecule has 17 heavy (non-hydrogen) atoms. The van der Waals surface area contributed by atoms with Gasteiger partial charge in [0.05, 0.1) is 0 Å². The lowest BCUT2D eigenvalue weighted by molar-refractivity contribution is 0.628. The molecule has 88 valence electrons. The van der Waals surface area contributed by atoms with Crippen LogP contribution in [0.4, 0.5) is 10.1 Å². The minimum Gasteiger partial charge on any atom is -0.398 e. The van der Waals surface area contributed by atoms with Gasteiger partial charge >= 0.3 is 0 Å². The Bertz CT molecular complexity index is 579. The maximum Gasteiger partial charge on any atom is 0.123 e. The van der Waals surface area contributed by atoms with E-state index in [4.69, 9.17) is 17.3 Å². The number of anilines is 1. The Morgan fingerprint density at radius 3 is 2.41 bits per heavy atom. The summed E-state index contributed by atoms with van der Waals surface area (Å²) in [6, 6.07) is 8.19. The summed E-state index contributed by atoms with van der Waals surface area (Å²) in [5.41, 5.74) is 10.0. The summed E-state index contributed by atoms with van der Waals surface area (Å²) in [6.45, 7) is 3.85. The van der Waals surface area contributed by atoms with E-state index in [9.17, 15) is 4.39 Å². The third-order valence-corrected chi connectivity index (χ3v) is 3.22. The van der Waals surface area contributed by atoms with Crippen LogP contribution in [0, 0.1) is 19.7 Å². The Labute approximate surface area is 105 Å². The van der Waals surface area contributed by atoms with Crippen molar-refractivity contribution in [3.63, 3.8) is 0 Å². The highest BCUT2D eigenvalue weighted by Gasteiger charge is 2.09. The number of nitrogen functional groups attached to an aromatic ring is 1. The predicted molar refractivity (Wildman–Crippen MR) is 70.7 cm³/mol. The largest absolute Gasteiger partial charge is 0.398 e. The fourth-order valence-corrected chi connectivity index (χ4v) is 2.05. The van der Waals surface area contributed by atoms with Gasteiger partial charge in [-0.15, -0.1) is 0 Å². The average molecular weight is 250 g/mol. The quantitative estimate of drug-likeness (QED) is 0.748. The number of benzene rings is 2. The third-order valence-electron chi connectivity index (χ3n) is 2.81. The van der Waals surface area contributed by atoms with Gasteiger partial charge in [0.15, 0.2) is 0 Å². The van der Waals surface area contributed by atoms with E-state index in [1.807, 2.05) is 26.0 Å². The Balaban J connectivity index is 2.68. The van der Waals surface area contributed by atoms with Gasteiger partial charge in [-0.1, -0.05) is 11.6 Å². The molecule has 2 aromatic rings. The Morgan fingerprint density at radius 2 is 1.71 bits per heavy atom. The number of nitrogens with two attached hydrogens (primary N) is 1. The molecule has 3 heteroatoms. The van der Waals surface area contributed by atoms with Crippen LogP contribution in [0.5, 0.6) is 0 Å². The maximum absolute atomic E-state index is 13.3. The molecule has 0 heterocycles. The van der Waals surface area contributed by atoms with Gasteiger partial charge in [0.25, 0.3) is 0 Å². The zero-order chi connectivity index (χ0) is 12.6. The summed E-state index contributed by atoms with van der Waals surface area (Å²) in [7, 11) is 0. The first-order valence-electron chi connectivity index (χ1n) is 5.31. The smallest absolute Gasteiger partial charge is 0.123 e. The second-order valence-corrected chi connectivity index (χ2v) is 4.56. The number of hydrogen-bond donors (Lipinski definition) is 1. The molecule has 2 rings (SSSR count). The monoisotopic (exact) mass is 249 g/mol. The lowest BCUT2D eigenvalue weighted by Gasteiger charge is -2.11. The molecule has 0 atom stereocenters. The summed E-state index contributed by atoms with van der Waals surface area (Å²) in [5, 5.41) is 0.709. The molecule has 0 fully saturated rings. The molecule has 2 N–H and O–H groups in total. The molecule has 1 nitrogen and oxygen atoms in total. The number of rotatable bonds is 1. The Hall–Kier alpha value is -1.54. The molecule has 0 spiro atoms. The number of aryl methyl sites for hydroxylation is 2. The van der Waals surface area contributed by atoms with Crippen LogP contribution >= 0.6 is 11.6 Å². The van der Waals surface area contributed by atoms with Crippen LogP contribution in [0.2, 0.25) is 5.02 Å². The summed E-state index contributed by atoms with van der Waals surface area (Å²) < 4.78 is 13.3. The molecule has 0 saturated carbocycles. The van der Waals surface area contributed by atoms with Crippen molar-refractivity contribution in [2.24, 2.45) is 0 Å². The summed E-state index contributed by atoms with van der Waals surface area (Å²) in [4.78, 5) is 0. The zero-order valence-corrected chi connectivity index (χ0v) is 10.5. The van der Waals surface area contributed by atoms with Crippen LogP contribution in [-0.2, 0) is 0 Å². The van der Waals surface area contributed by atoms with E-state index in [0.717, 1.165) is 16.7 Å². The number of hydrogen-bond acceptors (Lipinski definition) is 1. The standard InChI is InChI=1S/C14H13ClFN/c1-8-6-13(15)9(2)5-11(8)12-7-10(16)3-4-14(12)17/h3-7H,17H2,1-2H3. The van der Waals surface area contributed by atoms with Gasteiger partial charge in [-0.3, -0.25) is 0 Å². The van der Waals surface area contributed by atoms with E-state index < -0.39 is 0 Å². The van der Waals surface area contributed by atoms with Crippen LogP contribution in [0.3, 0.4) is 0 Å². The summed E-state index contributed by atoms with van der Waals surface area (Å²) >= 11 is 6.04. The fraction of sp³-hybridized carbons (Fsp3) is 0.143. The average Bonchev–Trinajstić information content (AvgIpc) is 2.27. The first-order chi connectivity index (χ1) is 7.99. The molecule has 0 radical (unpaired) electrons. The van der Waals surface area contributed by atoms with Crippen molar-refractivity contribution in [1.29, 1.82) is 0 Å². The third kappa shape index (κ3) is 2.27. The molecule has 0 aliphatic rings. The van der Waals surface area contributed by atoms with Crippen LogP contribution in [0.15, 0.2) is 30.3 Å².